The van der Waals surface area contributed by atoms with Gasteiger partial charge in [0.25, 0.3) is 6.43 Å². The maximum atomic E-state index is 12.5. The lowest BCUT2D eigenvalue weighted by Gasteiger charge is -2.12. The van der Waals surface area contributed by atoms with Crippen molar-refractivity contribution >= 4 is 5.69 Å². The standard InChI is InChI=1S/C16H17F2NO/c1-2-20-15-6-4-3-5-14(15)19-11-12-7-9-13(10-8-12)16(17)18/h3-10,16,19H,2,11H2,1H3. The van der Waals surface area contributed by atoms with Crippen molar-refractivity contribution in [2.75, 3.05) is 11.9 Å². The SMILES string of the molecule is CCOc1ccccc1NCc1ccc(C(F)F)cc1. The summed E-state index contributed by atoms with van der Waals surface area (Å²) in [6.07, 6.45) is -2.42. The van der Waals surface area contributed by atoms with Crippen LogP contribution in [0.25, 0.3) is 0 Å². The molecule has 0 aliphatic carbocycles. The topological polar surface area (TPSA) is 21.3 Å². The largest absolute Gasteiger partial charge is 0.492 e. The quantitative estimate of drug-likeness (QED) is 0.830. The third kappa shape index (κ3) is 3.70. The van der Waals surface area contributed by atoms with Gasteiger partial charge in [0.2, 0.25) is 0 Å². The van der Waals surface area contributed by atoms with Gasteiger partial charge in [0, 0.05) is 12.1 Å². The van der Waals surface area contributed by atoms with Crippen LogP contribution in [0.2, 0.25) is 0 Å². The molecule has 0 radical (unpaired) electrons. The van der Waals surface area contributed by atoms with Crippen LogP contribution in [0.15, 0.2) is 48.5 Å². The van der Waals surface area contributed by atoms with Crippen LogP contribution in [0.4, 0.5) is 14.5 Å². The molecule has 20 heavy (non-hydrogen) atoms. The van der Waals surface area contributed by atoms with E-state index in [1.165, 1.54) is 12.1 Å². The van der Waals surface area contributed by atoms with Crippen LogP contribution in [-0.4, -0.2) is 6.61 Å². The van der Waals surface area contributed by atoms with Gasteiger partial charge in [-0.05, 0) is 24.6 Å². The number of para-hydroxylation sites is 2. The number of hydrogen-bond donors (Lipinski definition) is 1. The van der Waals surface area contributed by atoms with Gasteiger partial charge in [-0.1, -0.05) is 36.4 Å². The molecule has 4 heteroatoms. The van der Waals surface area contributed by atoms with E-state index >= 15 is 0 Å². The van der Waals surface area contributed by atoms with Gasteiger partial charge in [-0.15, -0.1) is 0 Å². The molecule has 2 nitrogen and oxygen atoms in total. The summed E-state index contributed by atoms with van der Waals surface area (Å²) in [5, 5.41) is 3.25. The van der Waals surface area contributed by atoms with Gasteiger partial charge in [0.05, 0.1) is 12.3 Å². The number of nitrogens with one attached hydrogen (secondary N) is 1. The molecule has 0 unspecified atom stereocenters. The molecule has 1 N–H and O–H groups in total. The van der Waals surface area contributed by atoms with Gasteiger partial charge in [0.15, 0.2) is 0 Å². The highest BCUT2D eigenvalue weighted by atomic mass is 19.3. The molecule has 0 saturated heterocycles. The summed E-state index contributed by atoms with van der Waals surface area (Å²) >= 11 is 0. The van der Waals surface area contributed by atoms with Gasteiger partial charge in [-0.2, -0.15) is 0 Å². The average Bonchev–Trinajstić information content (AvgIpc) is 2.47. The second-order valence-electron chi connectivity index (χ2n) is 4.33. The zero-order valence-electron chi connectivity index (χ0n) is 11.3. The van der Waals surface area contributed by atoms with Gasteiger partial charge >= 0.3 is 0 Å². The maximum Gasteiger partial charge on any atom is 0.263 e. The summed E-state index contributed by atoms with van der Waals surface area (Å²) in [7, 11) is 0. The molecule has 0 bridgehead atoms. The molecule has 106 valence electrons. The van der Waals surface area contributed by atoms with Crippen LogP contribution in [0.5, 0.6) is 5.75 Å². The van der Waals surface area contributed by atoms with E-state index in [1.807, 2.05) is 31.2 Å². The molecular weight excluding hydrogens is 260 g/mol. The first-order chi connectivity index (χ1) is 9.70. The highest BCUT2D eigenvalue weighted by molar-refractivity contribution is 5.56. The summed E-state index contributed by atoms with van der Waals surface area (Å²) in [6.45, 7) is 3.09. The van der Waals surface area contributed by atoms with Gasteiger partial charge in [0.1, 0.15) is 5.75 Å². The predicted octanol–water partition coefficient (Wildman–Crippen LogP) is 4.64. The molecule has 0 spiro atoms. The number of halogens is 2. The number of rotatable bonds is 6. The van der Waals surface area contributed by atoms with Crippen LogP contribution in [-0.2, 0) is 6.54 Å². The lowest BCUT2D eigenvalue weighted by molar-refractivity contribution is 0.151. The summed E-state index contributed by atoms with van der Waals surface area (Å²) in [4.78, 5) is 0. The number of ether oxygens (including phenoxy) is 1. The molecular formula is C16H17F2NO. The van der Waals surface area contributed by atoms with Crippen molar-refractivity contribution in [1.29, 1.82) is 0 Å². The Morgan fingerprint density at radius 3 is 2.40 bits per heavy atom. The average molecular weight is 277 g/mol. The van der Waals surface area contributed by atoms with E-state index in [0.29, 0.717) is 13.2 Å². The first-order valence-corrected chi connectivity index (χ1v) is 6.53. The minimum absolute atomic E-state index is 0.0449. The van der Waals surface area contributed by atoms with Crippen LogP contribution in [0.3, 0.4) is 0 Å². The van der Waals surface area contributed by atoms with Gasteiger partial charge in [-0.3, -0.25) is 0 Å². The molecule has 0 aliphatic heterocycles. The Kier molecular flexibility index (Phi) is 4.93. The van der Waals surface area contributed by atoms with E-state index in [2.05, 4.69) is 5.32 Å². The highest BCUT2D eigenvalue weighted by Crippen LogP contribution is 2.24. The second-order valence-corrected chi connectivity index (χ2v) is 4.33. The predicted molar refractivity (Wildman–Crippen MR) is 76.3 cm³/mol. The minimum Gasteiger partial charge on any atom is -0.492 e. The Bertz CT molecular complexity index is 540. The van der Waals surface area contributed by atoms with Gasteiger partial charge in [-0.25, -0.2) is 8.78 Å². The fourth-order valence-corrected chi connectivity index (χ4v) is 1.87. The minimum atomic E-state index is -2.42. The molecule has 0 atom stereocenters. The number of hydrogen-bond acceptors (Lipinski definition) is 2. The van der Waals surface area contributed by atoms with E-state index in [4.69, 9.17) is 4.74 Å². The first-order valence-electron chi connectivity index (χ1n) is 6.53. The lowest BCUT2D eigenvalue weighted by atomic mass is 10.1. The molecule has 0 aliphatic rings. The third-order valence-corrected chi connectivity index (χ3v) is 2.90. The molecule has 0 saturated carbocycles. The van der Waals surface area contributed by atoms with Gasteiger partial charge < -0.3 is 10.1 Å². The molecule has 0 heterocycles. The van der Waals surface area contributed by atoms with Crippen molar-refractivity contribution in [2.45, 2.75) is 19.9 Å². The van der Waals surface area contributed by atoms with E-state index in [1.54, 1.807) is 12.1 Å². The smallest absolute Gasteiger partial charge is 0.263 e. The zero-order chi connectivity index (χ0) is 14.4. The summed E-state index contributed by atoms with van der Waals surface area (Å²) in [5.41, 5.74) is 1.89. The van der Waals surface area contributed by atoms with Crippen LogP contribution >= 0.6 is 0 Å². The van der Waals surface area contributed by atoms with Crippen molar-refractivity contribution in [3.05, 3.63) is 59.7 Å². The Morgan fingerprint density at radius 1 is 1.05 bits per heavy atom. The van der Waals surface area contributed by atoms with Crippen molar-refractivity contribution < 1.29 is 13.5 Å². The fraction of sp³-hybridized carbons (Fsp3) is 0.250. The molecule has 0 aromatic heterocycles. The van der Waals surface area contributed by atoms with E-state index < -0.39 is 6.43 Å². The summed E-state index contributed by atoms with van der Waals surface area (Å²) < 4.78 is 30.4. The Balaban J connectivity index is 2.01. The van der Waals surface area contributed by atoms with Crippen LogP contribution < -0.4 is 10.1 Å². The summed E-state index contributed by atoms with van der Waals surface area (Å²) in [6, 6.07) is 14.0. The maximum absolute atomic E-state index is 12.5. The second kappa shape index (κ2) is 6.89. The lowest BCUT2D eigenvalue weighted by Crippen LogP contribution is -2.02. The monoisotopic (exact) mass is 277 g/mol. The normalized spacial score (nSPS) is 10.6. The zero-order valence-corrected chi connectivity index (χ0v) is 11.3. The van der Waals surface area contributed by atoms with Crippen molar-refractivity contribution in [3.63, 3.8) is 0 Å². The fourth-order valence-electron chi connectivity index (χ4n) is 1.87. The van der Waals surface area contributed by atoms with Crippen molar-refractivity contribution in [1.82, 2.24) is 0 Å². The Labute approximate surface area is 117 Å². The first kappa shape index (κ1) is 14.3. The van der Waals surface area contributed by atoms with Crippen LogP contribution in [0, 0.1) is 0 Å². The number of benzene rings is 2. The van der Waals surface area contributed by atoms with E-state index in [9.17, 15) is 8.78 Å². The van der Waals surface area contributed by atoms with Crippen molar-refractivity contribution in [2.24, 2.45) is 0 Å². The molecule has 2 aromatic carbocycles. The molecule has 2 aromatic rings. The van der Waals surface area contributed by atoms with E-state index in [0.717, 1.165) is 17.0 Å². The molecule has 0 fully saturated rings. The van der Waals surface area contributed by atoms with Crippen molar-refractivity contribution in [3.8, 4) is 5.75 Å². The van der Waals surface area contributed by atoms with Crippen LogP contribution in [0.1, 0.15) is 24.5 Å². The Morgan fingerprint density at radius 2 is 1.75 bits per heavy atom. The summed E-state index contributed by atoms with van der Waals surface area (Å²) in [5.74, 6) is 0.791. The third-order valence-electron chi connectivity index (χ3n) is 2.90. The highest BCUT2D eigenvalue weighted by Gasteiger charge is 2.06. The molecule has 2 rings (SSSR count). The number of alkyl halides is 2. The number of anilines is 1. The molecule has 0 amide bonds. The van der Waals surface area contributed by atoms with E-state index in [-0.39, 0.29) is 5.56 Å². The Hall–Kier alpha value is -2.10.